The Morgan fingerprint density at radius 2 is 1.86 bits per heavy atom. The van der Waals surface area contributed by atoms with Crippen LogP contribution >= 0.6 is 0 Å². The van der Waals surface area contributed by atoms with Crippen LogP contribution in [0.1, 0.15) is 83.6 Å². The van der Waals surface area contributed by atoms with Gasteiger partial charge in [0.15, 0.2) is 0 Å². The first kappa shape index (κ1) is 25.9. The molecule has 1 spiro atoms. The van der Waals surface area contributed by atoms with Gasteiger partial charge in [0.2, 0.25) is 0 Å². The fraction of sp³-hybridized carbons (Fsp3) is 0.786. The zero-order chi connectivity index (χ0) is 26.0. The lowest BCUT2D eigenvalue weighted by Crippen LogP contribution is -2.58. The quantitative estimate of drug-likeness (QED) is 0.460. The van der Waals surface area contributed by atoms with E-state index in [1.54, 1.807) is 12.3 Å². The molecule has 200 valence electrons. The van der Waals surface area contributed by atoms with Crippen LogP contribution in [0.15, 0.2) is 27.6 Å². The molecule has 2 heterocycles. The Morgan fingerprint density at radius 1 is 1.11 bits per heavy atom. The van der Waals surface area contributed by atoms with Gasteiger partial charge >= 0.3 is 11.6 Å². The van der Waals surface area contributed by atoms with Gasteiger partial charge in [0.05, 0.1) is 24.6 Å². The van der Waals surface area contributed by atoms with Crippen LogP contribution in [0.4, 0.5) is 0 Å². The molecule has 5 fully saturated rings. The van der Waals surface area contributed by atoms with Crippen molar-refractivity contribution in [1.82, 2.24) is 0 Å². The average molecular weight is 504 g/mol. The summed E-state index contributed by atoms with van der Waals surface area (Å²) >= 11 is 0. The van der Waals surface area contributed by atoms with E-state index in [-0.39, 0.29) is 22.7 Å². The van der Waals surface area contributed by atoms with Gasteiger partial charge < -0.3 is 30.2 Å². The lowest BCUT2D eigenvalue weighted by molar-refractivity contribution is -0.140. The SMILES string of the molecule is C[C@@H](O)[C@H](N)C(=O)O.C[C@]12CC[C@H](O)C[C@H]1CC[C@@H]1[C@@H]2CC[C@]2(C)[C@@H](c3ccc(=O)oc3)C[C@H]3O[C@]132. The minimum absolute atomic E-state index is 0.0285. The molecule has 1 aliphatic heterocycles. The van der Waals surface area contributed by atoms with E-state index in [1.807, 2.05) is 6.07 Å². The number of carboxylic acid groups (broad SMARTS) is 1. The molecule has 11 atom stereocenters. The summed E-state index contributed by atoms with van der Waals surface area (Å²) in [4.78, 5) is 21.3. The van der Waals surface area contributed by atoms with Gasteiger partial charge in [-0.25, -0.2) is 4.79 Å². The number of hydrogen-bond acceptors (Lipinski definition) is 7. The Balaban J connectivity index is 0.000000292. The van der Waals surface area contributed by atoms with Gasteiger partial charge in [0, 0.05) is 11.5 Å². The van der Waals surface area contributed by atoms with E-state index < -0.39 is 18.1 Å². The summed E-state index contributed by atoms with van der Waals surface area (Å²) in [6.45, 7) is 6.30. The molecule has 0 amide bonds. The maximum absolute atomic E-state index is 11.4. The largest absolute Gasteiger partial charge is 0.480 e. The molecule has 8 heteroatoms. The molecule has 1 aromatic rings. The van der Waals surface area contributed by atoms with Gasteiger partial charge in [-0.1, -0.05) is 13.8 Å². The maximum Gasteiger partial charge on any atom is 0.335 e. The van der Waals surface area contributed by atoms with Crippen molar-refractivity contribution in [3.05, 3.63) is 34.4 Å². The van der Waals surface area contributed by atoms with Crippen LogP contribution in [0, 0.1) is 28.6 Å². The van der Waals surface area contributed by atoms with Gasteiger partial charge in [-0.15, -0.1) is 0 Å². The van der Waals surface area contributed by atoms with Crippen LogP contribution in [0.2, 0.25) is 0 Å². The third kappa shape index (κ3) is 3.79. The third-order valence-electron chi connectivity index (χ3n) is 11.0. The number of aliphatic hydroxyl groups excluding tert-OH is 2. The van der Waals surface area contributed by atoms with Gasteiger partial charge in [0.1, 0.15) is 11.6 Å². The van der Waals surface area contributed by atoms with Gasteiger partial charge in [-0.05, 0) is 99.0 Å². The molecule has 5 N–H and O–H groups in total. The predicted octanol–water partition coefficient (Wildman–Crippen LogP) is 3.04. The molecule has 6 rings (SSSR count). The first-order valence-corrected chi connectivity index (χ1v) is 13.5. The van der Waals surface area contributed by atoms with E-state index in [9.17, 15) is 14.7 Å². The number of aliphatic carboxylic acids is 1. The molecule has 0 unspecified atom stereocenters. The highest BCUT2D eigenvalue weighted by atomic mass is 16.6. The zero-order valence-electron chi connectivity index (χ0n) is 21.6. The Morgan fingerprint density at radius 3 is 2.47 bits per heavy atom. The van der Waals surface area contributed by atoms with Crippen molar-refractivity contribution in [2.24, 2.45) is 34.3 Å². The second-order valence-corrected chi connectivity index (χ2v) is 12.6. The highest BCUT2D eigenvalue weighted by Crippen LogP contribution is 2.77. The zero-order valence-corrected chi connectivity index (χ0v) is 21.6. The number of aliphatic hydroxyl groups is 2. The molecule has 0 bridgehead atoms. The van der Waals surface area contributed by atoms with Gasteiger partial charge in [0.25, 0.3) is 0 Å². The first-order chi connectivity index (χ1) is 16.9. The van der Waals surface area contributed by atoms with Crippen LogP contribution in [0.5, 0.6) is 0 Å². The van der Waals surface area contributed by atoms with Crippen LogP contribution in [-0.4, -0.2) is 51.2 Å². The number of carboxylic acids is 1. The summed E-state index contributed by atoms with van der Waals surface area (Å²) in [5.74, 6) is 1.30. The lowest BCUT2D eigenvalue weighted by atomic mass is 9.44. The van der Waals surface area contributed by atoms with Crippen molar-refractivity contribution in [2.45, 2.75) is 108 Å². The van der Waals surface area contributed by atoms with Crippen LogP contribution in [-0.2, 0) is 9.53 Å². The van der Waals surface area contributed by atoms with Crippen molar-refractivity contribution in [3.63, 3.8) is 0 Å². The molecule has 1 aromatic heterocycles. The fourth-order valence-corrected chi connectivity index (χ4v) is 8.94. The molecule has 8 nitrogen and oxygen atoms in total. The van der Waals surface area contributed by atoms with E-state index >= 15 is 0 Å². The summed E-state index contributed by atoms with van der Waals surface area (Å²) in [5, 5.41) is 26.8. The smallest absolute Gasteiger partial charge is 0.335 e. The molecule has 4 saturated carbocycles. The third-order valence-corrected chi connectivity index (χ3v) is 11.0. The average Bonchev–Trinajstić information content (AvgIpc) is 3.49. The predicted molar refractivity (Wildman–Crippen MR) is 132 cm³/mol. The topological polar surface area (TPSA) is 147 Å². The highest BCUT2D eigenvalue weighted by molar-refractivity contribution is 5.73. The molecule has 5 aliphatic rings. The molecular weight excluding hydrogens is 462 g/mol. The van der Waals surface area contributed by atoms with E-state index in [2.05, 4.69) is 13.8 Å². The van der Waals surface area contributed by atoms with Crippen LogP contribution in [0.25, 0.3) is 0 Å². The van der Waals surface area contributed by atoms with Gasteiger partial charge in [-0.3, -0.25) is 4.79 Å². The molecule has 0 radical (unpaired) electrons. The number of rotatable bonds is 3. The first-order valence-electron chi connectivity index (χ1n) is 13.5. The minimum Gasteiger partial charge on any atom is -0.480 e. The Hall–Kier alpha value is -1.74. The van der Waals surface area contributed by atoms with E-state index in [1.165, 1.54) is 44.6 Å². The Labute approximate surface area is 212 Å². The summed E-state index contributed by atoms with van der Waals surface area (Å²) < 4.78 is 11.8. The monoisotopic (exact) mass is 503 g/mol. The second-order valence-electron chi connectivity index (χ2n) is 12.6. The van der Waals surface area contributed by atoms with Crippen LogP contribution < -0.4 is 11.4 Å². The lowest BCUT2D eigenvalue weighted by Gasteiger charge is -2.61. The van der Waals surface area contributed by atoms with Crippen molar-refractivity contribution in [1.29, 1.82) is 0 Å². The number of ether oxygens (including phenoxy) is 1. The summed E-state index contributed by atoms with van der Waals surface area (Å²) in [5.41, 5.74) is 6.35. The highest BCUT2D eigenvalue weighted by Gasteiger charge is 2.80. The van der Waals surface area contributed by atoms with Crippen molar-refractivity contribution in [2.75, 3.05) is 0 Å². The number of carbonyl (C=O) groups is 1. The summed E-state index contributed by atoms with van der Waals surface area (Å²) in [6, 6.07) is 2.39. The van der Waals surface area contributed by atoms with Gasteiger partial charge in [-0.2, -0.15) is 0 Å². The normalized spacial score (nSPS) is 46.1. The molecule has 0 aromatic carbocycles. The van der Waals surface area contributed by atoms with Crippen molar-refractivity contribution < 1.29 is 29.3 Å². The Bertz CT molecular complexity index is 1040. The molecule has 4 aliphatic carbocycles. The summed E-state index contributed by atoms with van der Waals surface area (Å²) in [7, 11) is 0. The minimum atomic E-state index is -1.18. The van der Waals surface area contributed by atoms with Crippen molar-refractivity contribution >= 4 is 5.97 Å². The van der Waals surface area contributed by atoms with E-state index in [0.717, 1.165) is 25.2 Å². The van der Waals surface area contributed by atoms with Crippen LogP contribution in [0.3, 0.4) is 0 Å². The molecule has 36 heavy (non-hydrogen) atoms. The Kier molecular flexibility index (Phi) is 6.42. The number of nitrogens with two attached hydrogens (primary N) is 1. The summed E-state index contributed by atoms with van der Waals surface area (Å²) in [6.07, 6.45) is 10.2. The maximum atomic E-state index is 11.4. The van der Waals surface area contributed by atoms with Crippen molar-refractivity contribution in [3.8, 4) is 0 Å². The molecule has 1 saturated heterocycles. The fourth-order valence-electron chi connectivity index (χ4n) is 8.94. The van der Waals surface area contributed by atoms with E-state index in [0.29, 0.717) is 29.3 Å². The number of fused-ring (bicyclic) bond motifs is 3. The van der Waals surface area contributed by atoms with E-state index in [4.69, 9.17) is 25.1 Å². The number of hydrogen-bond donors (Lipinski definition) is 4. The standard InChI is InChI=1S/C24H32O4.C4H9NO3/c1-22-9-7-16(25)11-15(22)4-5-18-17(22)8-10-23(2)19(12-20-24(18,23)28-20)14-3-6-21(26)27-13-14;1-2(6)3(5)4(7)8/h3,6,13,15-20,25H,4-5,7-12H2,1-2H3;2-3,6H,5H2,1H3,(H,7,8)/t15-,16+,17+,18-,19-,20-,22+,23-,24-;2-,3+/m11/s1. The molecular formula is C28H41NO7. The second kappa shape index (κ2) is 8.93. The number of epoxide rings is 1.